The van der Waals surface area contributed by atoms with Gasteiger partial charge in [-0.2, -0.15) is 0 Å². The Morgan fingerprint density at radius 2 is 1.24 bits per heavy atom. The Morgan fingerprint density at radius 1 is 0.655 bits per heavy atom. The summed E-state index contributed by atoms with van der Waals surface area (Å²) < 4.78 is 18.0. The molecule has 0 heterocycles. The van der Waals surface area contributed by atoms with Crippen LogP contribution in [-0.4, -0.2) is 15.2 Å². The highest BCUT2D eigenvalue weighted by Gasteiger charge is 2.24. The van der Waals surface area contributed by atoms with E-state index >= 15 is 0 Å². The molecule has 2 aromatic carbocycles. The fraction of sp³-hybridized carbons (Fsp3) is 0.520. The van der Waals surface area contributed by atoms with E-state index in [-0.39, 0.29) is 0 Å². The summed E-state index contributed by atoms with van der Waals surface area (Å²) in [5.41, 5.74) is 1.14. The van der Waals surface area contributed by atoms with Gasteiger partial charge >= 0.3 is 8.56 Å². The van der Waals surface area contributed by atoms with Crippen molar-refractivity contribution in [2.45, 2.75) is 78.0 Å². The summed E-state index contributed by atoms with van der Waals surface area (Å²) in [7, 11) is -2.08. The molecule has 0 saturated carbocycles. The maximum Gasteiger partial charge on any atom is 0.332 e. The van der Waals surface area contributed by atoms with Crippen LogP contribution < -0.4 is 4.74 Å². The van der Waals surface area contributed by atoms with Gasteiger partial charge in [0.25, 0.3) is 0 Å². The maximum atomic E-state index is 6.12. The molecular weight excluding hydrogens is 376 g/mol. The largest absolute Gasteiger partial charge is 0.457 e. The Kier molecular flexibility index (Phi) is 11.1. The highest BCUT2D eigenvalue weighted by Crippen LogP contribution is 2.22. The van der Waals surface area contributed by atoms with Crippen LogP contribution in [0.1, 0.15) is 63.9 Å². The monoisotopic (exact) mass is 414 g/mol. The molecule has 0 fully saturated rings. The molecule has 0 atom stereocenters. The molecule has 0 bridgehead atoms. The van der Waals surface area contributed by atoms with E-state index in [2.05, 4.69) is 32.2 Å². The van der Waals surface area contributed by atoms with E-state index in [9.17, 15) is 0 Å². The minimum atomic E-state index is -2.08. The van der Waals surface area contributed by atoms with Gasteiger partial charge in [0.1, 0.15) is 11.5 Å². The quantitative estimate of drug-likeness (QED) is 0.219. The van der Waals surface area contributed by atoms with Crippen molar-refractivity contribution in [2.75, 3.05) is 6.61 Å². The van der Waals surface area contributed by atoms with Crippen LogP contribution in [0.5, 0.6) is 11.5 Å². The van der Waals surface area contributed by atoms with E-state index in [1.807, 2.05) is 42.5 Å². The van der Waals surface area contributed by atoms with E-state index in [1.54, 1.807) is 0 Å². The summed E-state index contributed by atoms with van der Waals surface area (Å²) in [6.07, 6.45) is 10.6. The Bertz CT molecular complexity index is 656. The molecule has 0 aliphatic carbocycles. The zero-order chi connectivity index (χ0) is 20.8. The zero-order valence-electron chi connectivity index (χ0n) is 18.5. The number of benzene rings is 2. The summed E-state index contributed by atoms with van der Waals surface area (Å²) in [5, 5.41) is 0. The maximum absolute atomic E-state index is 6.12. The molecule has 0 spiro atoms. The molecule has 0 saturated heterocycles. The van der Waals surface area contributed by atoms with Crippen molar-refractivity contribution < 1.29 is 13.6 Å². The SMILES string of the molecule is CCCCCCCCCCO[Si](C)(C)OCc1ccc(Oc2ccccc2)cc1. The van der Waals surface area contributed by atoms with Crippen molar-refractivity contribution >= 4 is 8.56 Å². The third kappa shape index (κ3) is 10.6. The van der Waals surface area contributed by atoms with Gasteiger partial charge in [-0.15, -0.1) is 0 Å². The van der Waals surface area contributed by atoms with Gasteiger partial charge in [0.2, 0.25) is 0 Å². The van der Waals surface area contributed by atoms with Crippen molar-refractivity contribution in [3.05, 3.63) is 60.2 Å². The van der Waals surface area contributed by atoms with Gasteiger partial charge < -0.3 is 13.6 Å². The molecule has 29 heavy (non-hydrogen) atoms. The van der Waals surface area contributed by atoms with Crippen molar-refractivity contribution in [1.29, 1.82) is 0 Å². The lowest BCUT2D eigenvalue weighted by molar-refractivity contribution is 0.168. The normalized spacial score (nSPS) is 11.6. The van der Waals surface area contributed by atoms with Crippen LogP contribution in [0.4, 0.5) is 0 Å². The molecule has 0 N–H and O–H groups in total. The van der Waals surface area contributed by atoms with Gasteiger partial charge in [-0.05, 0) is 49.3 Å². The number of ether oxygens (including phenoxy) is 1. The Morgan fingerprint density at radius 3 is 1.90 bits per heavy atom. The molecule has 0 aliphatic rings. The molecule has 3 nitrogen and oxygen atoms in total. The number of para-hydroxylation sites is 1. The lowest BCUT2D eigenvalue weighted by Gasteiger charge is -2.23. The minimum absolute atomic E-state index is 0.586. The molecule has 0 radical (unpaired) electrons. The number of hydrogen-bond donors (Lipinski definition) is 0. The van der Waals surface area contributed by atoms with Crippen LogP contribution in [0.25, 0.3) is 0 Å². The van der Waals surface area contributed by atoms with Gasteiger partial charge in [0.05, 0.1) is 6.61 Å². The zero-order valence-corrected chi connectivity index (χ0v) is 19.5. The number of unbranched alkanes of at least 4 members (excludes halogenated alkanes) is 7. The molecule has 4 heteroatoms. The third-order valence-corrected chi connectivity index (χ3v) is 6.68. The molecule has 2 aromatic rings. The average molecular weight is 415 g/mol. The van der Waals surface area contributed by atoms with Crippen molar-refractivity contribution in [3.8, 4) is 11.5 Å². The second kappa shape index (κ2) is 13.6. The van der Waals surface area contributed by atoms with Gasteiger partial charge in [-0.1, -0.05) is 82.2 Å². The molecule has 160 valence electrons. The van der Waals surface area contributed by atoms with Crippen molar-refractivity contribution in [2.24, 2.45) is 0 Å². The van der Waals surface area contributed by atoms with E-state index in [0.29, 0.717) is 6.61 Å². The molecule has 2 rings (SSSR count). The van der Waals surface area contributed by atoms with Crippen LogP contribution in [-0.2, 0) is 15.5 Å². The number of rotatable bonds is 15. The van der Waals surface area contributed by atoms with Crippen LogP contribution in [0.15, 0.2) is 54.6 Å². The first-order valence-electron chi connectivity index (χ1n) is 11.2. The fourth-order valence-corrected chi connectivity index (χ4v) is 4.36. The second-order valence-electron chi connectivity index (χ2n) is 8.07. The third-order valence-electron chi connectivity index (χ3n) is 4.94. The van der Waals surface area contributed by atoms with Crippen molar-refractivity contribution in [3.63, 3.8) is 0 Å². The molecule has 0 amide bonds. The first-order chi connectivity index (χ1) is 14.1. The molecular formula is C25H38O3Si. The summed E-state index contributed by atoms with van der Waals surface area (Å²) in [6.45, 7) is 7.93. The second-order valence-corrected chi connectivity index (χ2v) is 11.4. The minimum Gasteiger partial charge on any atom is -0.457 e. The topological polar surface area (TPSA) is 27.7 Å². The number of hydrogen-bond acceptors (Lipinski definition) is 3. The summed E-state index contributed by atoms with van der Waals surface area (Å²) in [6, 6.07) is 17.9. The van der Waals surface area contributed by atoms with Gasteiger partial charge in [-0.25, -0.2) is 0 Å². The smallest absolute Gasteiger partial charge is 0.332 e. The highest BCUT2D eigenvalue weighted by molar-refractivity contribution is 6.64. The predicted octanol–water partition coefficient (Wildman–Crippen LogP) is 7.85. The van der Waals surface area contributed by atoms with Gasteiger partial charge in [-0.3, -0.25) is 0 Å². The first-order valence-corrected chi connectivity index (χ1v) is 14.0. The Labute approximate surface area is 178 Å². The van der Waals surface area contributed by atoms with E-state index in [0.717, 1.165) is 30.1 Å². The predicted molar refractivity (Wildman–Crippen MR) is 124 cm³/mol. The molecule has 0 aromatic heterocycles. The Hall–Kier alpha value is -1.62. The summed E-state index contributed by atoms with van der Waals surface area (Å²) >= 11 is 0. The van der Waals surface area contributed by atoms with Gasteiger partial charge in [0.15, 0.2) is 0 Å². The Balaban J connectivity index is 1.60. The van der Waals surface area contributed by atoms with E-state index in [1.165, 1.54) is 44.9 Å². The first kappa shape index (κ1) is 23.7. The van der Waals surface area contributed by atoms with Gasteiger partial charge in [0, 0.05) is 6.61 Å². The fourth-order valence-electron chi connectivity index (χ4n) is 3.13. The summed E-state index contributed by atoms with van der Waals surface area (Å²) in [4.78, 5) is 0. The van der Waals surface area contributed by atoms with Crippen LogP contribution in [0.2, 0.25) is 13.1 Å². The van der Waals surface area contributed by atoms with E-state index in [4.69, 9.17) is 13.6 Å². The lowest BCUT2D eigenvalue weighted by Crippen LogP contribution is -2.35. The van der Waals surface area contributed by atoms with Crippen LogP contribution >= 0.6 is 0 Å². The molecule has 0 unspecified atom stereocenters. The summed E-state index contributed by atoms with van der Waals surface area (Å²) in [5.74, 6) is 1.68. The standard InChI is InChI=1S/C25H38O3Si/c1-4-5-6-7-8-9-10-14-21-26-29(2,3)27-22-23-17-19-25(20-18-23)28-24-15-12-11-13-16-24/h11-13,15-20H,4-10,14,21-22H2,1-3H3. The molecule has 0 aliphatic heterocycles. The lowest BCUT2D eigenvalue weighted by atomic mass is 10.1. The van der Waals surface area contributed by atoms with Crippen molar-refractivity contribution in [1.82, 2.24) is 0 Å². The van der Waals surface area contributed by atoms with E-state index < -0.39 is 8.56 Å². The van der Waals surface area contributed by atoms with Crippen LogP contribution in [0, 0.1) is 0 Å². The van der Waals surface area contributed by atoms with Crippen LogP contribution in [0.3, 0.4) is 0 Å². The average Bonchev–Trinajstić information content (AvgIpc) is 2.73. The highest BCUT2D eigenvalue weighted by atomic mass is 28.4.